The van der Waals surface area contributed by atoms with Crippen molar-refractivity contribution < 1.29 is 13.2 Å². The topological polar surface area (TPSA) is 57.7 Å². The van der Waals surface area contributed by atoms with Gasteiger partial charge >= 0.3 is 0 Å². The average molecular weight is 399 g/mol. The van der Waals surface area contributed by atoms with Crippen LogP contribution < -0.4 is 0 Å². The van der Waals surface area contributed by atoms with Crippen LogP contribution in [0.15, 0.2) is 5.38 Å². The Morgan fingerprint density at radius 2 is 2.04 bits per heavy atom. The Morgan fingerprint density at radius 1 is 1.27 bits per heavy atom. The second-order valence-corrected chi connectivity index (χ2v) is 11.3. The molecule has 0 spiro atoms. The number of carbonyl (C=O) groups is 1. The molecule has 1 amide bonds. The first-order valence-electron chi connectivity index (χ1n) is 9.52. The van der Waals surface area contributed by atoms with Crippen molar-refractivity contribution in [1.29, 1.82) is 0 Å². The SMILES string of the molecule is CC1CCc2c(C(=O)N(CCCN(C)C)C3CCS(=O)(=O)C3)csc2C1. The molecule has 1 aromatic heterocycles. The average Bonchev–Trinajstić information content (AvgIpc) is 3.13. The Hall–Kier alpha value is -0.920. The van der Waals surface area contributed by atoms with Crippen LogP contribution in [-0.2, 0) is 22.7 Å². The van der Waals surface area contributed by atoms with Crippen molar-refractivity contribution in [2.45, 2.75) is 45.1 Å². The van der Waals surface area contributed by atoms with Crippen LogP contribution in [0.25, 0.3) is 0 Å². The minimum Gasteiger partial charge on any atom is -0.335 e. The number of rotatable bonds is 6. The molecule has 0 aromatic carbocycles. The first-order valence-corrected chi connectivity index (χ1v) is 12.2. The predicted octanol–water partition coefficient (Wildman–Crippen LogP) is 2.45. The van der Waals surface area contributed by atoms with Gasteiger partial charge in [-0.05, 0) is 64.2 Å². The summed E-state index contributed by atoms with van der Waals surface area (Å²) in [7, 11) is 1.02. The molecular formula is C19H30N2O3S2. The van der Waals surface area contributed by atoms with Gasteiger partial charge in [0.15, 0.2) is 9.84 Å². The molecule has 1 fully saturated rings. The van der Waals surface area contributed by atoms with Crippen LogP contribution in [0.5, 0.6) is 0 Å². The van der Waals surface area contributed by atoms with Crippen LogP contribution in [0, 0.1) is 5.92 Å². The summed E-state index contributed by atoms with van der Waals surface area (Å²) in [5.74, 6) is 1.04. The first kappa shape index (κ1) is 19.8. The molecule has 0 saturated carbocycles. The number of fused-ring (bicyclic) bond motifs is 1. The maximum absolute atomic E-state index is 13.4. The van der Waals surface area contributed by atoms with Gasteiger partial charge in [0, 0.05) is 22.8 Å². The van der Waals surface area contributed by atoms with Gasteiger partial charge in [-0.1, -0.05) is 6.92 Å². The maximum Gasteiger partial charge on any atom is 0.255 e. The minimum atomic E-state index is -3.01. The van der Waals surface area contributed by atoms with Gasteiger partial charge in [-0.3, -0.25) is 4.79 Å². The van der Waals surface area contributed by atoms with E-state index >= 15 is 0 Å². The minimum absolute atomic E-state index is 0.0397. The summed E-state index contributed by atoms with van der Waals surface area (Å²) < 4.78 is 23.9. The Kier molecular flexibility index (Phi) is 6.09. The smallest absolute Gasteiger partial charge is 0.255 e. The molecule has 2 unspecified atom stereocenters. The summed E-state index contributed by atoms with van der Waals surface area (Å²) in [5.41, 5.74) is 2.04. The molecule has 3 rings (SSSR count). The Labute approximate surface area is 161 Å². The Morgan fingerprint density at radius 3 is 2.69 bits per heavy atom. The van der Waals surface area contributed by atoms with E-state index in [2.05, 4.69) is 11.8 Å². The van der Waals surface area contributed by atoms with E-state index in [-0.39, 0.29) is 23.5 Å². The number of amides is 1. The van der Waals surface area contributed by atoms with Crippen LogP contribution in [-0.4, -0.2) is 68.9 Å². The van der Waals surface area contributed by atoms with Crippen LogP contribution in [0.3, 0.4) is 0 Å². The predicted molar refractivity (Wildman–Crippen MR) is 107 cm³/mol. The van der Waals surface area contributed by atoms with Crippen LogP contribution in [0.2, 0.25) is 0 Å². The number of carbonyl (C=O) groups excluding carboxylic acids is 1. The van der Waals surface area contributed by atoms with Crippen molar-refractivity contribution >= 4 is 27.1 Å². The second-order valence-electron chi connectivity index (χ2n) is 8.11. The van der Waals surface area contributed by atoms with Crippen LogP contribution in [0.1, 0.15) is 47.0 Å². The van der Waals surface area contributed by atoms with Crippen molar-refractivity contribution in [1.82, 2.24) is 9.80 Å². The molecule has 1 aromatic rings. The highest BCUT2D eigenvalue weighted by Gasteiger charge is 2.36. The van der Waals surface area contributed by atoms with E-state index in [9.17, 15) is 13.2 Å². The van der Waals surface area contributed by atoms with Gasteiger partial charge in [-0.25, -0.2) is 8.42 Å². The normalized spacial score (nSPS) is 24.6. The van der Waals surface area contributed by atoms with Gasteiger partial charge in [0.1, 0.15) is 0 Å². The highest BCUT2D eigenvalue weighted by molar-refractivity contribution is 7.91. The third-order valence-corrected chi connectivity index (χ3v) is 8.35. The zero-order valence-corrected chi connectivity index (χ0v) is 17.7. The fraction of sp³-hybridized carbons (Fsp3) is 0.737. The largest absolute Gasteiger partial charge is 0.335 e. The van der Waals surface area contributed by atoms with Gasteiger partial charge in [0.25, 0.3) is 5.91 Å². The fourth-order valence-corrected chi connectivity index (χ4v) is 7.01. The third kappa shape index (κ3) is 4.49. The van der Waals surface area contributed by atoms with Gasteiger partial charge < -0.3 is 9.80 Å². The molecule has 7 heteroatoms. The molecule has 0 radical (unpaired) electrons. The van der Waals surface area contributed by atoms with Crippen molar-refractivity contribution in [3.8, 4) is 0 Å². The van der Waals surface area contributed by atoms with Crippen molar-refractivity contribution in [2.24, 2.45) is 5.92 Å². The standard InChI is InChI=1S/C19H30N2O3S2/c1-14-5-6-16-17(12-25-18(16)11-14)19(22)21(9-4-8-20(2)3)15-7-10-26(23,24)13-15/h12,14-15H,4-11,13H2,1-3H3. The van der Waals surface area contributed by atoms with E-state index in [1.54, 1.807) is 11.3 Å². The fourth-order valence-electron chi connectivity index (χ4n) is 4.04. The molecule has 5 nitrogen and oxygen atoms in total. The molecule has 0 bridgehead atoms. The summed E-state index contributed by atoms with van der Waals surface area (Å²) in [6, 6.07) is -0.173. The summed E-state index contributed by atoms with van der Waals surface area (Å²) >= 11 is 1.70. The van der Waals surface area contributed by atoms with E-state index in [1.165, 1.54) is 10.4 Å². The zero-order chi connectivity index (χ0) is 18.9. The number of nitrogens with zero attached hydrogens (tertiary/aromatic N) is 2. The molecule has 1 aliphatic carbocycles. The van der Waals surface area contributed by atoms with Gasteiger partial charge in [0.05, 0.1) is 17.1 Å². The maximum atomic E-state index is 13.4. The number of hydrogen-bond acceptors (Lipinski definition) is 5. The second kappa shape index (κ2) is 7.98. The van der Waals surface area contributed by atoms with E-state index in [1.807, 2.05) is 24.4 Å². The summed E-state index contributed by atoms with van der Waals surface area (Å²) in [4.78, 5) is 18.7. The lowest BCUT2D eigenvalue weighted by Crippen LogP contribution is -2.42. The molecule has 1 saturated heterocycles. The molecule has 146 valence electrons. The third-order valence-electron chi connectivity index (χ3n) is 5.55. The molecular weight excluding hydrogens is 368 g/mol. The lowest BCUT2D eigenvalue weighted by atomic mass is 9.88. The highest BCUT2D eigenvalue weighted by atomic mass is 32.2. The molecule has 2 heterocycles. The van der Waals surface area contributed by atoms with Gasteiger partial charge in [0.2, 0.25) is 0 Å². The van der Waals surface area contributed by atoms with E-state index in [0.717, 1.165) is 37.8 Å². The van der Waals surface area contributed by atoms with E-state index < -0.39 is 9.84 Å². The Balaban J connectivity index is 1.80. The summed E-state index contributed by atoms with van der Waals surface area (Å²) in [5, 5.41) is 2.01. The summed E-state index contributed by atoms with van der Waals surface area (Å²) in [6.07, 6.45) is 4.59. The van der Waals surface area contributed by atoms with E-state index in [0.29, 0.717) is 18.9 Å². The number of sulfone groups is 1. The summed E-state index contributed by atoms with van der Waals surface area (Å²) in [6.45, 7) is 3.78. The lowest BCUT2D eigenvalue weighted by Gasteiger charge is -2.29. The van der Waals surface area contributed by atoms with Crippen molar-refractivity contribution in [3.05, 3.63) is 21.4 Å². The van der Waals surface area contributed by atoms with Crippen molar-refractivity contribution in [2.75, 3.05) is 38.7 Å². The first-order chi connectivity index (χ1) is 12.3. The molecule has 0 N–H and O–H groups in total. The quantitative estimate of drug-likeness (QED) is 0.739. The zero-order valence-electron chi connectivity index (χ0n) is 16.0. The highest BCUT2D eigenvalue weighted by Crippen LogP contribution is 2.34. The number of thiophene rings is 1. The lowest BCUT2D eigenvalue weighted by molar-refractivity contribution is 0.0689. The van der Waals surface area contributed by atoms with Gasteiger partial charge in [-0.15, -0.1) is 11.3 Å². The Bertz CT molecular complexity index is 755. The number of hydrogen-bond donors (Lipinski definition) is 0. The van der Waals surface area contributed by atoms with Gasteiger partial charge in [-0.2, -0.15) is 0 Å². The van der Waals surface area contributed by atoms with Crippen LogP contribution >= 0.6 is 11.3 Å². The molecule has 2 atom stereocenters. The monoisotopic (exact) mass is 398 g/mol. The molecule has 1 aliphatic heterocycles. The van der Waals surface area contributed by atoms with Crippen LogP contribution in [0.4, 0.5) is 0 Å². The molecule has 2 aliphatic rings. The van der Waals surface area contributed by atoms with E-state index in [4.69, 9.17) is 0 Å². The van der Waals surface area contributed by atoms with Crippen molar-refractivity contribution in [3.63, 3.8) is 0 Å². The molecule has 26 heavy (non-hydrogen) atoms.